The topological polar surface area (TPSA) is 174 Å². The van der Waals surface area contributed by atoms with E-state index in [2.05, 4.69) is 43.8 Å². The second kappa shape index (κ2) is 19.5. The van der Waals surface area contributed by atoms with Crippen LogP contribution >= 0.6 is 45.9 Å². The maximum absolute atomic E-state index is 13.9. The number of carbonyl (C=O) groups excluding carboxylic acids is 3. The predicted molar refractivity (Wildman–Crippen MR) is 234 cm³/mol. The predicted octanol–water partition coefficient (Wildman–Crippen LogP) is 6.09. The lowest BCUT2D eigenvalue weighted by atomic mass is 9.99. The number of thiazole rings is 1. The fourth-order valence-corrected chi connectivity index (χ4v) is 9.69. The lowest BCUT2D eigenvalue weighted by molar-refractivity contribution is -0.217. The molecule has 0 spiro atoms. The second-order valence-electron chi connectivity index (χ2n) is 14.7. The van der Waals surface area contributed by atoms with Gasteiger partial charge in [-0.25, -0.2) is 4.98 Å². The summed E-state index contributed by atoms with van der Waals surface area (Å²) >= 11 is 16.0. The van der Waals surface area contributed by atoms with Gasteiger partial charge in [0, 0.05) is 71.6 Å². The van der Waals surface area contributed by atoms with Crippen molar-refractivity contribution in [2.24, 2.45) is 4.99 Å². The fourth-order valence-electron chi connectivity index (χ4n) is 7.17. The molecule has 0 saturated carbocycles. The highest BCUT2D eigenvalue weighted by Gasteiger charge is 2.34. The van der Waals surface area contributed by atoms with Crippen LogP contribution in [0.15, 0.2) is 52.8 Å². The minimum atomic E-state index is -1.35. The molecule has 322 valence electrons. The van der Waals surface area contributed by atoms with Gasteiger partial charge in [-0.2, -0.15) is 0 Å². The Morgan fingerprint density at radius 3 is 2.51 bits per heavy atom. The summed E-state index contributed by atoms with van der Waals surface area (Å²) in [5.41, 5.74) is 5.18. The molecular weight excluding hydrogens is 864 g/mol. The average molecular weight is 910 g/mol. The third kappa shape index (κ3) is 10.7. The van der Waals surface area contributed by atoms with Crippen LogP contribution in [0.2, 0.25) is 10.0 Å². The quantitative estimate of drug-likeness (QED) is 0.0920. The lowest BCUT2D eigenvalue weighted by Gasteiger charge is -2.35. The van der Waals surface area contributed by atoms with Crippen LogP contribution in [0.1, 0.15) is 65.2 Å². The van der Waals surface area contributed by atoms with Crippen molar-refractivity contribution < 1.29 is 33.7 Å². The molecule has 1 saturated heterocycles. The van der Waals surface area contributed by atoms with Gasteiger partial charge in [0.1, 0.15) is 34.2 Å². The van der Waals surface area contributed by atoms with E-state index in [1.165, 1.54) is 30.1 Å². The van der Waals surface area contributed by atoms with Crippen molar-refractivity contribution in [2.45, 2.75) is 66.1 Å². The lowest BCUT2D eigenvalue weighted by Crippen LogP contribution is -2.49. The van der Waals surface area contributed by atoms with Gasteiger partial charge < -0.3 is 29.5 Å². The number of piperazine rings is 1. The first-order valence-corrected chi connectivity index (χ1v) is 22.2. The van der Waals surface area contributed by atoms with Crippen molar-refractivity contribution in [3.8, 4) is 21.3 Å². The molecule has 0 radical (unpaired) electrons. The molecule has 3 aromatic heterocycles. The molecule has 2 aromatic carbocycles. The summed E-state index contributed by atoms with van der Waals surface area (Å²) in [5, 5.41) is 26.0. The first kappa shape index (κ1) is 44.3. The summed E-state index contributed by atoms with van der Waals surface area (Å²) < 4.78 is 18.0. The molecule has 0 aliphatic carbocycles. The number of nitrogens with one attached hydrogen (secondary N) is 1. The molecule has 5 heterocycles. The number of aliphatic imine (C=N–C) groups is 1. The van der Waals surface area contributed by atoms with Crippen LogP contribution in [0, 0.1) is 20.8 Å². The Kier molecular flexibility index (Phi) is 14.2. The molecule has 5 aromatic rings. The summed E-state index contributed by atoms with van der Waals surface area (Å²) in [7, 11) is 0. The Morgan fingerprint density at radius 1 is 1.03 bits per heavy atom. The SMILES string of the molecule is CC(=O)OC(C)OC(O)CNC(=O)Cc1csc(-c2ccc(OCCN3CCN(C(=O)C[C@@H]4N=C(c5ccc(Cl)cc5)c5c(sc(C)c5C)-n5c(C)nnc54)CC3)cc2Cl)n1. The Morgan fingerprint density at radius 2 is 1.79 bits per heavy atom. The standard InChI is InChI=1S/C42H46Cl2N8O7S2/c1-23-24(2)61-42-38(23)39(28-6-8-29(43)9-7-28)47-34(40-49-48-25(3)52(40)42)20-36(55)51-14-12-50(13-15-51)16-17-57-31-10-11-32(33(44)19-31)41-46-30(22-60-41)18-35(54)45-21-37(56)59-27(5)58-26(4)53/h6-11,19,22,27,34,37,56H,12-18,20-21H2,1-5H3,(H,45,54)/t27?,34-,37?/m0/s1. The van der Waals surface area contributed by atoms with Crippen LogP contribution in [-0.4, -0.2) is 117 Å². The number of carbonyl (C=O) groups is 3. The van der Waals surface area contributed by atoms with Crippen LogP contribution in [0.25, 0.3) is 15.6 Å². The van der Waals surface area contributed by atoms with Gasteiger partial charge in [0.05, 0.1) is 35.8 Å². The number of fused-ring (bicyclic) bond motifs is 3. The minimum Gasteiger partial charge on any atom is -0.492 e. The van der Waals surface area contributed by atoms with Crippen LogP contribution in [0.5, 0.6) is 5.75 Å². The van der Waals surface area contributed by atoms with Crippen molar-refractivity contribution >= 4 is 69.4 Å². The number of rotatable bonds is 15. The van der Waals surface area contributed by atoms with E-state index < -0.39 is 24.6 Å². The van der Waals surface area contributed by atoms with Crippen LogP contribution < -0.4 is 10.1 Å². The highest BCUT2D eigenvalue weighted by atomic mass is 35.5. The zero-order chi connectivity index (χ0) is 43.4. The highest BCUT2D eigenvalue weighted by molar-refractivity contribution is 7.15. The van der Waals surface area contributed by atoms with Gasteiger partial charge in [0.15, 0.2) is 12.1 Å². The number of aromatic nitrogens is 4. The summed E-state index contributed by atoms with van der Waals surface area (Å²) in [6, 6.07) is 12.6. The van der Waals surface area contributed by atoms with Gasteiger partial charge in [0.2, 0.25) is 18.1 Å². The normalized spacial score (nSPS) is 16.2. The first-order valence-electron chi connectivity index (χ1n) is 19.7. The van der Waals surface area contributed by atoms with Crippen LogP contribution in [0.4, 0.5) is 0 Å². The summed E-state index contributed by atoms with van der Waals surface area (Å²) in [6.45, 7) is 12.4. The van der Waals surface area contributed by atoms with E-state index in [4.69, 9.17) is 42.4 Å². The zero-order valence-electron chi connectivity index (χ0n) is 34.3. The number of aliphatic hydroxyl groups is 1. The fraction of sp³-hybridized carbons (Fsp3) is 0.405. The maximum atomic E-state index is 13.9. The van der Waals surface area contributed by atoms with Gasteiger partial charge in [-0.3, -0.25) is 28.8 Å². The van der Waals surface area contributed by atoms with Gasteiger partial charge >= 0.3 is 5.97 Å². The van der Waals surface area contributed by atoms with E-state index in [1.54, 1.807) is 22.8 Å². The second-order valence-corrected chi connectivity index (χ2v) is 17.6. The van der Waals surface area contributed by atoms with E-state index >= 15 is 0 Å². The summed E-state index contributed by atoms with van der Waals surface area (Å²) in [6.07, 6.45) is -2.14. The van der Waals surface area contributed by atoms with Crippen molar-refractivity contribution in [3.05, 3.63) is 96.8 Å². The molecule has 15 nitrogen and oxygen atoms in total. The molecule has 0 bridgehead atoms. The Bertz CT molecular complexity index is 2430. The van der Waals surface area contributed by atoms with Crippen molar-refractivity contribution in [1.82, 2.24) is 34.9 Å². The van der Waals surface area contributed by atoms with Gasteiger partial charge in [-0.05, 0) is 63.6 Å². The number of ether oxygens (including phenoxy) is 3. The number of thiophene rings is 1. The molecular formula is C42H46Cl2N8O7S2. The Labute approximate surface area is 371 Å². The number of benzene rings is 2. The highest BCUT2D eigenvalue weighted by Crippen LogP contribution is 2.40. The molecule has 2 unspecified atom stereocenters. The first-order chi connectivity index (χ1) is 29.2. The molecule has 2 aliphatic heterocycles. The number of nitrogens with zero attached hydrogens (tertiary/aromatic N) is 7. The Balaban J connectivity index is 0.893. The third-order valence-electron chi connectivity index (χ3n) is 10.3. The Hall–Kier alpha value is -4.75. The van der Waals surface area contributed by atoms with E-state index in [9.17, 15) is 19.5 Å². The van der Waals surface area contributed by atoms with Crippen molar-refractivity contribution in [1.29, 1.82) is 0 Å². The summed E-state index contributed by atoms with van der Waals surface area (Å²) in [4.78, 5) is 52.6. The number of halogens is 2. The van der Waals surface area contributed by atoms with Gasteiger partial charge in [0.25, 0.3) is 0 Å². The third-order valence-corrected chi connectivity index (χ3v) is 13.0. The van der Waals surface area contributed by atoms with E-state index in [0.29, 0.717) is 77.2 Å². The molecule has 2 aliphatic rings. The van der Waals surface area contributed by atoms with E-state index in [1.807, 2.05) is 48.2 Å². The molecule has 19 heteroatoms. The van der Waals surface area contributed by atoms with Crippen molar-refractivity contribution in [2.75, 3.05) is 45.9 Å². The van der Waals surface area contributed by atoms with Crippen LogP contribution in [0.3, 0.4) is 0 Å². The molecule has 7 rings (SSSR count). The molecule has 1 fully saturated rings. The summed E-state index contributed by atoms with van der Waals surface area (Å²) in [5.74, 6) is 1.14. The van der Waals surface area contributed by atoms with E-state index in [-0.39, 0.29) is 31.2 Å². The number of esters is 1. The molecule has 2 amide bonds. The number of amides is 2. The number of aryl methyl sites for hydroxylation is 2. The monoisotopic (exact) mass is 908 g/mol. The molecule has 3 atom stereocenters. The van der Waals surface area contributed by atoms with Crippen LogP contribution in [-0.2, 0) is 30.3 Å². The molecule has 2 N–H and O–H groups in total. The smallest absolute Gasteiger partial charge is 0.304 e. The van der Waals surface area contributed by atoms with Gasteiger partial charge in [-0.15, -0.1) is 32.9 Å². The number of aliphatic hydroxyl groups excluding tert-OH is 1. The average Bonchev–Trinajstić information content (AvgIpc) is 3.90. The molecule has 61 heavy (non-hydrogen) atoms. The minimum absolute atomic E-state index is 0.00924. The van der Waals surface area contributed by atoms with Gasteiger partial charge in [-0.1, -0.05) is 35.3 Å². The van der Waals surface area contributed by atoms with E-state index in [0.717, 1.165) is 33.2 Å². The van der Waals surface area contributed by atoms with Crippen molar-refractivity contribution in [3.63, 3.8) is 0 Å². The number of hydrogen-bond donors (Lipinski definition) is 2. The number of hydrogen-bond acceptors (Lipinski definition) is 14. The zero-order valence-corrected chi connectivity index (χ0v) is 37.5. The maximum Gasteiger partial charge on any atom is 0.304 e. The largest absolute Gasteiger partial charge is 0.492 e.